The molecule has 0 fully saturated rings. The van der Waals surface area contributed by atoms with Crippen molar-refractivity contribution in [2.24, 2.45) is 0 Å². The summed E-state index contributed by atoms with van der Waals surface area (Å²) in [5.41, 5.74) is 1.33. The van der Waals surface area contributed by atoms with Crippen LogP contribution in [-0.2, 0) is 6.54 Å². The molecule has 0 amide bonds. The van der Waals surface area contributed by atoms with Crippen LogP contribution in [0.3, 0.4) is 0 Å². The van der Waals surface area contributed by atoms with Crippen LogP contribution in [0.4, 0.5) is 0 Å². The van der Waals surface area contributed by atoms with Crippen LogP contribution < -0.4 is 10.1 Å². The van der Waals surface area contributed by atoms with Gasteiger partial charge in [-0.15, -0.1) is 11.8 Å². The van der Waals surface area contributed by atoms with Gasteiger partial charge in [-0.25, -0.2) is 0 Å². The van der Waals surface area contributed by atoms with Crippen molar-refractivity contribution in [3.8, 4) is 5.75 Å². The van der Waals surface area contributed by atoms with E-state index in [4.69, 9.17) is 4.74 Å². The maximum atomic E-state index is 5.68. The van der Waals surface area contributed by atoms with Crippen molar-refractivity contribution in [1.82, 2.24) is 5.32 Å². The minimum absolute atomic E-state index is 0.771. The van der Waals surface area contributed by atoms with E-state index >= 15 is 0 Å². The Kier molecular flexibility index (Phi) is 6.48. The predicted molar refractivity (Wildman–Crippen MR) is 86.5 cm³/mol. The fraction of sp³-hybridized carbons (Fsp3) is 0.294. The minimum Gasteiger partial charge on any atom is -0.494 e. The molecule has 0 aliphatic carbocycles. The quantitative estimate of drug-likeness (QED) is 0.586. The zero-order valence-corrected chi connectivity index (χ0v) is 12.7. The summed E-state index contributed by atoms with van der Waals surface area (Å²) in [4.78, 5) is 1.33. The Morgan fingerprint density at radius 2 is 1.90 bits per heavy atom. The molecular formula is C17H21NOS. The Labute approximate surface area is 125 Å². The minimum atomic E-state index is 0.771. The monoisotopic (exact) mass is 287 g/mol. The largest absolute Gasteiger partial charge is 0.494 e. The van der Waals surface area contributed by atoms with Crippen LogP contribution >= 0.6 is 11.8 Å². The van der Waals surface area contributed by atoms with Gasteiger partial charge in [-0.3, -0.25) is 0 Å². The number of hydrogen-bond donors (Lipinski definition) is 1. The van der Waals surface area contributed by atoms with E-state index in [9.17, 15) is 0 Å². The Morgan fingerprint density at radius 1 is 1.05 bits per heavy atom. The molecule has 0 aromatic heterocycles. The van der Waals surface area contributed by atoms with Gasteiger partial charge in [-0.1, -0.05) is 30.3 Å². The highest BCUT2D eigenvalue weighted by atomic mass is 32.2. The number of benzene rings is 2. The van der Waals surface area contributed by atoms with Crippen molar-refractivity contribution in [2.75, 3.05) is 19.4 Å². The molecule has 106 valence electrons. The van der Waals surface area contributed by atoms with Crippen LogP contribution in [0.15, 0.2) is 59.5 Å². The Balaban J connectivity index is 1.67. The first kappa shape index (κ1) is 14.9. The van der Waals surface area contributed by atoms with Gasteiger partial charge >= 0.3 is 0 Å². The van der Waals surface area contributed by atoms with E-state index in [1.165, 1.54) is 10.5 Å². The number of thioether (sulfide) groups is 1. The fourth-order valence-corrected chi connectivity index (χ4v) is 2.81. The molecule has 0 aliphatic heterocycles. The van der Waals surface area contributed by atoms with Crippen molar-refractivity contribution in [2.45, 2.75) is 17.9 Å². The van der Waals surface area contributed by atoms with Gasteiger partial charge < -0.3 is 10.1 Å². The molecule has 0 aliphatic rings. The van der Waals surface area contributed by atoms with E-state index in [1.54, 1.807) is 0 Å². The van der Waals surface area contributed by atoms with Crippen LogP contribution in [0.25, 0.3) is 0 Å². The van der Waals surface area contributed by atoms with E-state index in [0.717, 1.165) is 31.1 Å². The summed E-state index contributed by atoms with van der Waals surface area (Å²) in [5, 5.41) is 3.18. The molecule has 1 N–H and O–H groups in total. The van der Waals surface area contributed by atoms with Crippen molar-refractivity contribution in [3.63, 3.8) is 0 Å². The van der Waals surface area contributed by atoms with Crippen molar-refractivity contribution in [3.05, 3.63) is 60.2 Å². The molecule has 2 nitrogen and oxygen atoms in total. The zero-order valence-electron chi connectivity index (χ0n) is 11.8. The fourth-order valence-electron chi connectivity index (χ4n) is 1.91. The van der Waals surface area contributed by atoms with Crippen molar-refractivity contribution < 1.29 is 4.74 Å². The first-order chi connectivity index (χ1) is 9.88. The topological polar surface area (TPSA) is 21.3 Å². The smallest absolute Gasteiger partial charge is 0.119 e. The Bertz CT molecular complexity index is 501. The highest BCUT2D eigenvalue weighted by Crippen LogP contribution is 2.20. The number of para-hydroxylation sites is 1. The van der Waals surface area contributed by atoms with E-state index < -0.39 is 0 Å². The van der Waals surface area contributed by atoms with E-state index in [2.05, 4.69) is 29.6 Å². The molecule has 2 aromatic carbocycles. The van der Waals surface area contributed by atoms with Crippen LogP contribution in [0.5, 0.6) is 5.75 Å². The molecule has 0 unspecified atom stereocenters. The lowest BCUT2D eigenvalue weighted by Gasteiger charge is -2.07. The highest BCUT2D eigenvalue weighted by Gasteiger charge is 1.97. The molecule has 0 atom stereocenters. The number of ether oxygens (including phenoxy) is 1. The summed E-state index contributed by atoms with van der Waals surface area (Å²) in [6.45, 7) is 1.69. The van der Waals surface area contributed by atoms with Gasteiger partial charge in [0.15, 0.2) is 0 Å². The van der Waals surface area contributed by atoms with Crippen LogP contribution in [-0.4, -0.2) is 19.4 Å². The lowest BCUT2D eigenvalue weighted by atomic mass is 10.2. The van der Waals surface area contributed by atoms with Gasteiger partial charge in [0, 0.05) is 17.2 Å². The van der Waals surface area contributed by atoms with Gasteiger partial charge in [-0.2, -0.15) is 0 Å². The molecule has 0 saturated carbocycles. The van der Waals surface area contributed by atoms with Crippen LogP contribution in [0.2, 0.25) is 0 Å². The molecule has 0 spiro atoms. The Hall–Kier alpha value is -1.45. The highest BCUT2D eigenvalue weighted by molar-refractivity contribution is 7.99. The Morgan fingerprint density at radius 3 is 2.70 bits per heavy atom. The van der Waals surface area contributed by atoms with Gasteiger partial charge in [0.05, 0.1) is 6.61 Å². The van der Waals surface area contributed by atoms with Crippen LogP contribution in [0.1, 0.15) is 12.0 Å². The lowest BCUT2D eigenvalue weighted by molar-refractivity contribution is 0.319. The first-order valence-corrected chi connectivity index (χ1v) is 7.91. The normalized spacial score (nSPS) is 10.4. The molecular weight excluding hydrogens is 266 g/mol. The molecule has 0 bridgehead atoms. The molecule has 0 heterocycles. The number of nitrogens with one attached hydrogen (secondary N) is 1. The first-order valence-electron chi connectivity index (χ1n) is 6.92. The molecule has 3 heteroatoms. The summed E-state index contributed by atoms with van der Waals surface area (Å²) in [6, 6.07) is 18.7. The molecule has 20 heavy (non-hydrogen) atoms. The maximum absolute atomic E-state index is 5.68. The second kappa shape index (κ2) is 8.67. The van der Waals surface area contributed by atoms with Gasteiger partial charge in [-0.05, 0) is 43.3 Å². The SMILES string of the molecule is CNCc1cccc(SCCCOc2ccccc2)c1. The molecule has 0 radical (unpaired) electrons. The van der Waals surface area contributed by atoms with E-state index in [1.807, 2.05) is 49.1 Å². The predicted octanol–water partition coefficient (Wildman–Crippen LogP) is 3.97. The summed E-state index contributed by atoms with van der Waals surface area (Å²) in [5.74, 6) is 2.03. The summed E-state index contributed by atoms with van der Waals surface area (Å²) < 4.78 is 5.68. The van der Waals surface area contributed by atoms with Crippen molar-refractivity contribution >= 4 is 11.8 Å². The second-order valence-corrected chi connectivity index (χ2v) is 5.71. The van der Waals surface area contributed by atoms with Crippen molar-refractivity contribution in [1.29, 1.82) is 0 Å². The molecule has 0 saturated heterocycles. The third-order valence-corrected chi connectivity index (χ3v) is 3.93. The average molecular weight is 287 g/mol. The third kappa shape index (κ3) is 5.27. The van der Waals surface area contributed by atoms with Gasteiger partial charge in [0.1, 0.15) is 5.75 Å². The second-order valence-electron chi connectivity index (χ2n) is 4.54. The van der Waals surface area contributed by atoms with Crippen LogP contribution in [0, 0.1) is 0 Å². The van der Waals surface area contributed by atoms with E-state index in [0.29, 0.717) is 0 Å². The summed E-state index contributed by atoms with van der Waals surface area (Å²) in [6.07, 6.45) is 1.05. The summed E-state index contributed by atoms with van der Waals surface area (Å²) in [7, 11) is 1.97. The zero-order chi connectivity index (χ0) is 14.0. The number of rotatable bonds is 8. The summed E-state index contributed by atoms with van der Waals surface area (Å²) >= 11 is 1.89. The third-order valence-electron chi connectivity index (χ3n) is 2.85. The standard InChI is InChI=1S/C17H21NOS/c1-18-14-15-7-5-10-17(13-15)20-12-6-11-19-16-8-3-2-4-9-16/h2-5,7-10,13,18H,6,11-12,14H2,1H3. The average Bonchev–Trinajstić information content (AvgIpc) is 2.49. The van der Waals surface area contributed by atoms with Gasteiger partial charge in [0.2, 0.25) is 0 Å². The maximum Gasteiger partial charge on any atom is 0.119 e. The number of hydrogen-bond acceptors (Lipinski definition) is 3. The molecule has 2 rings (SSSR count). The van der Waals surface area contributed by atoms with E-state index in [-0.39, 0.29) is 0 Å². The lowest BCUT2D eigenvalue weighted by Crippen LogP contribution is -2.04. The molecule has 2 aromatic rings. The van der Waals surface area contributed by atoms with Gasteiger partial charge in [0.25, 0.3) is 0 Å².